The van der Waals surface area contributed by atoms with Crippen LogP contribution in [0.5, 0.6) is 0 Å². The van der Waals surface area contributed by atoms with Crippen LogP contribution in [0.25, 0.3) is 0 Å². The summed E-state index contributed by atoms with van der Waals surface area (Å²) in [7, 11) is 0. The second kappa shape index (κ2) is 7.65. The van der Waals surface area contributed by atoms with Crippen LogP contribution >= 0.6 is 0 Å². The van der Waals surface area contributed by atoms with Crippen molar-refractivity contribution in [1.29, 1.82) is 0 Å². The molecule has 0 aromatic rings. The maximum absolute atomic E-state index is 11.6. The Bertz CT molecular complexity index is 173. The van der Waals surface area contributed by atoms with E-state index in [2.05, 4.69) is 6.92 Å². The summed E-state index contributed by atoms with van der Waals surface area (Å²) in [6.07, 6.45) is 2.64. The second-order valence-electron chi connectivity index (χ2n) is 3.88. The average molecular weight is 217 g/mol. The van der Waals surface area contributed by atoms with Crippen LogP contribution in [0, 0.1) is 0 Å². The van der Waals surface area contributed by atoms with Gasteiger partial charge in [0.25, 0.3) is 0 Å². The topological polar surface area (TPSA) is 60.8 Å². The molecule has 0 saturated heterocycles. The molecule has 0 bridgehead atoms. The van der Waals surface area contributed by atoms with Crippen molar-refractivity contribution in [3.05, 3.63) is 0 Å². The zero-order valence-electron chi connectivity index (χ0n) is 9.94. The Balaban J connectivity index is 3.93. The SMILES string of the molecule is CCCCCCC(=O)N(C(C)O)C(C)O. The lowest BCUT2D eigenvalue weighted by Crippen LogP contribution is -2.44. The molecule has 2 N–H and O–H groups in total. The molecule has 0 rings (SSSR count). The van der Waals surface area contributed by atoms with Gasteiger partial charge in [-0.05, 0) is 20.3 Å². The number of hydrogen-bond acceptors (Lipinski definition) is 3. The minimum absolute atomic E-state index is 0.184. The Kier molecular flexibility index (Phi) is 7.34. The van der Waals surface area contributed by atoms with Crippen LogP contribution in [0.2, 0.25) is 0 Å². The smallest absolute Gasteiger partial charge is 0.226 e. The standard InChI is InChI=1S/C11H23NO3/c1-4-5-6-7-8-11(15)12(9(2)13)10(3)14/h9-10,13-14H,4-8H2,1-3H3. The molecule has 0 aliphatic heterocycles. The van der Waals surface area contributed by atoms with Crippen LogP contribution in [0.3, 0.4) is 0 Å². The summed E-state index contributed by atoms with van der Waals surface area (Å²) >= 11 is 0. The maximum atomic E-state index is 11.6. The molecule has 15 heavy (non-hydrogen) atoms. The molecular formula is C11H23NO3. The first-order chi connectivity index (χ1) is 7.00. The number of amides is 1. The number of carbonyl (C=O) groups is 1. The van der Waals surface area contributed by atoms with Crippen molar-refractivity contribution in [3.63, 3.8) is 0 Å². The Morgan fingerprint density at radius 1 is 1.13 bits per heavy atom. The van der Waals surface area contributed by atoms with Gasteiger partial charge in [-0.15, -0.1) is 0 Å². The van der Waals surface area contributed by atoms with Crippen molar-refractivity contribution in [1.82, 2.24) is 4.90 Å². The maximum Gasteiger partial charge on any atom is 0.226 e. The van der Waals surface area contributed by atoms with Crippen LogP contribution in [0.1, 0.15) is 52.9 Å². The van der Waals surface area contributed by atoms with Gasteiger partial charge in [-0.2, -0.15) is 0 Å². The van der Waals surface area contributed by atoms with Gasteiger partial charge in [-0.3, -0.25) is 9.69 Å². The Morgan fingerprint density at radius 2 is 1.67 bits per heavy atom. The largest absolute Gasteiger partial charge is 0.374 e. The predicted octanol–water partition coefficient (Wildman–Crippen LogP) is 1.46. The molecule has 1 amide bonds. The van der Waals surface area contributed by atoms with Crippen LogP contribution in [0.15, 0.2) is 0 Å². The van der Waals surface area contributed by atoms with E-state index in [9.17, 15) is 15.0 Å². The Morgan fingerprint density at radius 3 is 2.07 bits per heavy atom. The predicted molar refractivity (Wildman–Crippen MR) is 59.0 cm³/mol. The van der Waals surface area contributed by atoms with E-state index in [1.807, 2.05) is 0 Å². The summed E-state index contributed by atoms with van der Waals surface area (Å²) in [5.74, 6) is -0.184. The summed E-state index contributed by atoms with van der Waals surface area (Å²) in [4.78, 5) is 12.7. The summed E-state index contributed by atoms with van der Waals surface area (Å²) in [5, 5.41) is 18.6. The lowest BCUT2D eigenvalue weighted by atomic mass is 10.1. The fourth-order valence-corrected chi connectivity index (χ4v) is 1.56. The molecule has 2 unspecified atom stereocenters. The van der Waals surface area contributed by atoms with Crippen LogP contribution < -0.4 is 0 Å². The number of rotatable bonds is 7. The molecule has 0 heterocycles. The van der Waals surface area contributed by atoms with Crippen molar-refractivity contribution >= 4 is 5.91 Å². The van der Waals surface area contributed by atoms with Gasteiger partial charge in [0, 0.05) is 6.42 Å². The number of aliphatic hydroxyl groups excluding tert-OH is 2. The zero-order valence-corrected chi connectivity index (χ0v) is 9.94. The van der Waals surface area contributed by atoms with Gasteiger partial charge >= 0.3 is 0 Å². The second-order valence-corrected chi connectivity index (χ2v) is 3.88. The normalized spacial score (nSPS) is 14.7. The van der Waals surface area contributed by atoms with E-state index in [4.69, 9.17) is 0 Å². The highest BCUT2D eigenvalue weighted by atomic mass is 16.3. The van der Waals surface area contributed by atoms with E-state index < -0.39 is 12.5 Å². The van der Waals surface area contributed by atoms with Crippen molar-refractivity contribution in [3.8, 4) is 0 Å². The number of aliphatic hydroxyl groups is 2. The van der Waals surface area contributed by atoms with Crippen LogP contribution in [-0.4, -0.2) is 33.5 Å². The van der Waals surface area contributed by atoms with Crippen molar-refractivity contribution < 1.29 is 15.0 Å². The number of carbonyl (C=O) groups excluding carboxylic acids is 1. The Labute approximate surface area is 91.9 Å². The van der Waals surface area contributed by atoms with Crippen LogP contribution in [0.4, 0.5) is 0 Å². The summed E-state index contributed by atoms with van der Waals surface area (Å²) in [5.41, 5.74) is 0. The minimum atomic E-state index is -0.927. The third-order valence-electron chi connectivity index (χ3n) is 2.34. The first-order valence-corrected chi connectivity index (χ1v) is 5.68. The van der Waals surface area contributed by atoms with E-state index >= 15 is 0 Å². The van der Waals surface area contributed by atoms with Gasteiger partial charge in [0.15, 0.2) is 0 Å². The number of nitrogens with zero attached hydrogens (tertiary/aromatic N) is 1. The summed E-state index contributed by atoms with van der Waals surface area (Å²) in [6.45, 7) is 5.08. The molecule has 0 aromatic carbocycles. The lowest BCUT2D eigenvalue weighted by Gasteiger charge is -2.28. The molecule has 0 aliphatic carbocycles. The quantitative estimate of drug-likeness (QED) is 0.501. The molecule has 0 fully saturated rings. The highest BCUT2D eigenvalue weighted by Gasteiger charge is 2.21. The van der Waals surface area contributed by atoms with Gasteiger partial charge in [0.05, 0.1) is 0 Å². The fourth-order valence-electron chi connectivity index (χ4n) is 1.56. The van der Waals surface area contributed by atoms with Gasteiger partial charge < -0.3 is 10.2 Å². The summed E-state index contributed by atoms with van der Waals surface area (Å²) in [6, 6.07) is 0. The van der Waals surface area contributed by atoms with Crippen molar-refractivity contribution in [2.75, 3.05) is 0 Å². The van der Waals surface area contributed by atoms with E-state index in [0.29, 0.717) is 6.42 Å². The summed E-state index contributed by atoms with van der Waals surface area (Å²) < 4.78 is 0. The third-order valence-corrected chi connectivity index (χ3v) is 2.34. The molecule has 0 saturated carbocycles. The molecule has 2 atom stereocenters. The molecule has 0 aromatic heterocycles. The van der Waals surface area contributed by atoms with Crippen LogP contribution in [-0.2, 0) is 4.79 Å². The van der Waals surface area contributed by atoms with E-state index in [1.54, 1.807) is 0 Å². The minimum Gasteiger partial charge on any atom is -0.374 e. The molecule has 4 heteroatoms. The third kappa shape index (κ3) is 5.74. The fraction of sp³-hybridized carbons (Fsp3) is 0.909. The first-order valence-electron chi connectivity index (χ1n) is 5.68. The van der Waals surface area contributed by atoms with Gasteiger partial charge in [-0.25, -0.2) is 0 Å². The van der Waals surface area contributed by atoms with Crippen molar-refractivity contribution in [2.45, 2.75) is 65.3 Å². The monoisotopic (exact) mass is 217 g/mol. The van der Waals surface area contributed by atoms with E-state index in [1.165, 1.54) is 13.8 Å². The zero-order chi connectivity index (χ0) is 11.8. The van der Waals surface area contributed by atoms with Crippen molar-refractivity contribution in [2.24, 2.45) is 0 Å². The molecule has 0 spiro atoms. The molecule has 4 nitrogen and oxygen atoms in total. The number of unbranched alkanes of at least 4 members (excludes halogenated alkanes) is 3. The average Bonchev–Trinajstić information content (AvgIpc) is 2.11. The molecular weight excluding hydrogens is 194 g/mol. The number of hydrogen-bond donors (Lipinski definition) is 2. The van der Waals surface area contributed by atoms with E-state index in [-0.39, 0.29) is 5.91 Å². The first kappa shape index (κ1) is 14.4. The highest BCUT2D eigenvalue weighted by molar-refractivity contribution is 5.76. The van der Waals surface area contributed by atoms with E-state index in [0.717, 1.165) is 30.6 Å². The molecule has 0 aliphatic rings. The Hall–Kier alpha value is -0.610. The van der Waals surface area contributed by atoms with Gasteiger partial charge in [-0.1, -0.05) is 26.2 Å². The van der Waals surface area contributed by atoms with Gasteiger partial charge in [0.2, 0.25) is 5.91 Å². The molecule has 0 radical (unpaired) electrons. The highest BCUT2D eigenvalue weighted by Crippen LogP contribution is 2.09. The lowest BCUT2D eigenvalue weighted by molar-refractivity contribution is -0.156. The molecule has 90 valence electrons. The van der Waals surface area contributed by atoms with Gasteiger partial charge in [0.1, 0.15) is 12.5 Å².